The molecule has 0 aliphatic carbocycles. The molecule has 0 aliphatic rings. The summed E-state index contributed by atoms with van der Waals surface area (Å²) in [5.41, 5.74) is 5.33. The van der Waals surface area contributed by atoms with Gasteiger partial charge < -0.3 is 10.5 Å². The van der Waals surface area contributed by atoms with Gasteiger partial charge in [-0.1, -0.05) is 20.3 Å². The fourth-order valence-electron chi connectivity index (χ4n) is 1.12. The molecular formula is C11H24N2O. The molecular weight excluding hydrogens is 176 g/mol. The van der Waals surface area contributed by atoms with Crippen LogP contribution in [0, 0.1) is 10.8 Å². The first-order chi connectivity index (χ1) is 6.36. The van der Waals surface area contributed by atoms with Crippen LogP contribution in [-0.4, -0.2) is 18.5 Å². The fourth-order valence-corrected chi connectivity index (χ4v) is 1.12. The topological polar surface area (TPSA) is 59.1 Å². The summed E-state index contributed by atoms with van der Waals surface area (Å²) in [6, 6.07) is 0. The van der Waals surface area contributed by atoms with Gasteiger partial charge in [0.25, 0.3) is 0 Å². The van der Waals surface area contributed by atoms with Crippen LogP contribution in [0.25, 0.3) is 0 Å². The molecule has 0 bridgehead atoms. The Morgan fingerprint density at radius 2 is 1.93 bits per heavy atom. The van der Waals surface area contributed by atoms with Crippen LogP contribution < -0.4 is 5.73 Å². The standard InChI is InChI=1S/C11H24N2O/c1-9(2)14-8-6-5-7-11(3,4)10(12)13/h9H,5-8H2,1-4H3,(H3,12,13). The van der Waals surface area contributed by atoms with Gasteiger partial charge in [0.2, 0.25) is 0 Å². The molecule has 3 N–H and O–H groups in total. The first-order valence-corrected chi connectivity index (χ1v) is 5.32. The maximum Gasteiger partial charge on any atom is 0.0963 e. The Balaban J connectivity index is 3.49. The lowest BCUT2D eigenvalue weighted by atomic mass is 9.86. The lowest BCUT2D eigenvalue weighted by Gasteiger charge is -2.22. The molecule has 0 saturated heterocycles. The number of rotatable bonds is 7. The fraction of sp³-hybridized carbons (Fsp3) is 0.909. The molecule has 0 rings (SSSR count). The minimum Gasteiger partial charge on any atom is -0.387 e. The van der Waals surface area contributed by atoms with Crippen LogP contribution in [0.3, 0.4) is 0 Å². The Morgan fingerprint density at radius 1 is 1.36 bits per heavy atom. The van der Waals surface area contributed by atoms with Gasteiger partial charge in [-0.15, -0.1) is 0 Å². The van der Waals surface area contributed by atoms with Crippen molar-refractivity contribution in [2.75, 3.05) is 6.61 Å². The third-order valence-electron chi connectivity index (χ3n) is 2.38. The maximum atomic E-state index is 7.39. The van der Waals surface area contributed by atoms with Crippen molar-refractivity contribution in [1.82, 2.24) is 0 Å². The number of hydrogen-bond acceptors (Lipinski definition) is 2. The van der Waals surface area contributed by atoms with Crippen molar-refractivity contribution in [3.05, 3.63) is 0 Å². The minimum atomic E-state index is -0.155. The minimum absolute atomic E-state index is 0.155. The Morgan fingerprint density at radius 3 is 2.36 bits per heavy atom. The number of nitrogens with one attached hydrogen (secondary N) is 1. The molecule has 0 heterocycles. The molecule has 84 valence electrons. The summed E-state index contributed by atoms with van der Waals surface area (Å²) in [6.45, 7) is 8.92. The summed E-state index contributed by atoms with van der Waals surface area (Å²) >= 11 is 0. The average Bonchev–Trinajstić information content (AvgIpc) is 2.02. The Kier molecular flexibility index (Phi) is 5.77. The zero-order chi connectivity index (χ0) is 11.2. The predicted molar refractivity (Wildman–Crippen MR) is 60.6 cm³/mol. The maximum absolute atomic E-state index is 7.39. The highest BCUT2D eigenvalue weighted by atomic mass is 16.5. The van der Waals surface area contributed by atoms with E-state index in [1.807, 2.05) is 27.7 Å². The molecule has 14 heavy (non-hydrogen) atoms. The van der Waals surface area contributed by atoms with Gasteiger partial charge in [0.1, 0.15) is 0 Å². The zero-order valence-electron chi connectivity index (χ0n) is 9.89. The van der Waals surface area contributed by atoms with Crippen molar-refractivity contribution in [2.45, 2.75) is 53.1 Å². The molecule has 0 saturated carbocycles. The smallest absolute Gasteiger partial charge is 0.0963 e. The summed E-state index contributed by atoms with van der Waals surface area (Å²) in [4.78, 5) is 0. The monoisotopic (exact) mass is 200 g/mol. The van der Waals surface area contributed by atoms with E-state index < -0.39 is 0 Å². The van der Waals surface area contributed by atoms with Crippen molar-refractivity contribution in [3.8, 4) is 0 Å². The van der Waals surface area contributed by atoms with Gasteiger partial charge in [-0.3, -0.25) is 5.41 Å². The molecule has 0 amide bonds. The number of unbranched alkanes of at least 4 members (excludes halogenated alkanes) is 1. The van der Waals surface area contributed by atoms with Crippen molar-refractivity contribution in [1.29, 1.82) is 5.41 Å². The Bertz CT molecular complexity index is 176. The van der Waals surface area contributed by atoms with Gasteiger partial charge in [0.05, 0.1) is 11.9 Å². The van der Waals surface area contributed by atoms with Crippen LogP contribution in [0.4, 0.5) is 0 Å². The first-order valence-electron chi connectivity index (χ1n) is 5.32. The summed E-state index contributed by atoms with van der Waals surface area (Å²) in [6.07, 6.45) is 3.40. The summed E-state index contributed by atoms with van der Waals surface area (Å²) in [5.74, 6) is 0.280. The van der Waals surface area contributed by atoms with Gasteiger partial charge in [0.15, 0.2) is 0 Å². The largest absolute Gasteiger partial charge is 0.387 e. The summed E-state index contributed by atoms with van der Waals surface area (Å²) < 4.78 is 5.43. The SMILES string of the molecule is CC(C)OCCCCC(C)(C)C(=N)N. The Labute approximate surface area is 87.5 Å². The van der Waals surface area contributed by atoms with E-state index in [0.717, 1.165) is 25.9 Å². The quantitative estimate of drug-likeness (QED) is 0.377. The molecule has 0 atom stereocenters. The van der Waals surface area contributed by atoms with Crippen LogP contribution in [0.1, 0.15) is 47.0 Å². The highest BCUT2D eigenvalue weighted by molar-refractivity contribution is 5.82. The van der Waals surface area contributed by atoms with Crippen LogP contribution >= 0.6 is 0 Å². The highest BCUT2D eigenvalue weighted by Crippen LogP contribution is 2.22. The molecule has 3 heteroatoms. The van der Waals surface area contributed by atoms with E-state index in [4.69, 9.17) is 15.9 Å². The van der Waals surface area contributed by atoms with E-state index in [-0.39, 0.29) is 11.3 Å². The molecule has 3 nitrogen and oxygen atoms in total. The molecule has 0 aliphatic heterocycles. The van der Waals surface area contributed by atoms with Crippen molar-refractivity contribution < 1.29 is 4.74 Å². The van der Waals surface area contributed by atoms with Crippen molar-refractivity contribution in [3.63, 3.8) is 0 Å². The first kappa shape index (κ1) is 13.4. The van der Waals surface area contributed by atoms with E-state index in [2.05, 4.69) is 0 Å². The molecule has 0 aromatic carbocycles. The molecule has 0 aromatic heterocycles. The van der Waals surface area contributed by atoms with Crippen LogP contribution in [0.2, 0.25) is 0 Å². The Hall–Kier alpha value is -0.570. The normalized spacial score (nSPS) is 12.1. The number of ether oxygens (including phenoxy) is 1. The van der Waals surface area contributed by atoms with Gasteiger partial charge >= 0.3 is 0 Å². The highest BCUT2D eigenvalue weighted by Gasteiger charge is 2.20. The molecule has 0 radical (unpaired) electrons. The third-order valence-corrected chi connectivity index (χ3v) is 2.38. The number of amidine groups is 1. The van der Waals surface area contributed by atoms with E-state index in [0.29, 0.717) is 6.10 Å². The third kappa shape index (κ3) is 5.97. The average molecular weight is 200 g/mol. The van der Waals surface area contributed by atoms with Crippen LogP contribution in [0.5, 0.6) is 0 Å². The van der Waals surface area contributed by atoms with Crippen molar-refractivity contribution >= 4 is 5.84 Å². The van der Waals surface area contributed by atoms with Crippen molar-refractivity contribution in [2.24, 2.45) is 11.1 Å². The second-order valence-electron chi connectivity index (χ2n) is 4.67. The van der Waals surface area contributed by atoms with Gasteiger partial charge in [0, 0.05) is 12.0 Å². The van der Waals surface area contributed by atoms with E-state index in [1.165, 1.54) is 0 Å². The number of nitrogens with two attached hydrogens (primary N) is 1. The number of hydrogen-bond donors (Lipinski definition) is 2. The van der Waals surface area contributed by atoms with Gasteiger partial charge in [-0.25, -0.2) is 0 Å². The lowest BCUT2D eigenvalue weighted by Crippen LogP contribution is -2.30. The second-order valence-corrected chi connectivity index (χ2v) is 4.67. The summed E-state index contributed by atoms with van der Waals surface area (Å²) in [5, 5.41) is 7.39. The van der Waals surface area contributed by atoms with Crippen LogP contribution in [0.15, 0.2) is 0 Å². The molecule has 0 spiro atoms. The predicted octanol–water partition coefficient (Wildman–Crippen LogP) is 2.54. The van der Waals surface area contributed by atoms with Gasteiger partial charge in [-0.05, 0) is 26.7 Å². The second kappa shape index (κ2) is 6.02. The van der Waals surface area contributed by atoms with E-state index in [9.17, 15) is 0 Å². The lowest BCUT2D eigenvalue weighted by molar-refractivity contribution is 0.0749. The van der Waals surface area contributed by atoms with E-state index >= 15 is 0 Å². The summed E-state index contributed by atoms with van der Waals surface area (Å²) in [7, 11) is 0. The molecule has 0 unspecified atom stereocenters. The van der Waals surface area contributed by atoms with E-state index in [1.54, 1.807) is 0 Å². The molecule has 0 fully saturated rings. The van der Waals surface area contributed by atoms with Crippen LogP contribution in [-0.2, 0) is 4.74 Å². The zero-order valence-corrected chi connectivity index (χ0v) is 9.89. The van der Waals surface area contributed by atoms with Gasteiger partial charge in [-0.2, -0.15) is 0 Å². The molecule has 0 aromatic rings.